The molecule has 1 atom stereocenters. The van der Waals surface area contributed by atoms with Gasteiger partial charge in [-0.3, -0.25) is 4.90 Å². The summed E-state index contributed by atoms with van der Waals surface area (Å²) in [5, 5.41) is 3.33. The van der Waals surface area contributed by atoms with Crippen LogP contribution in [-0.4, -0.2) is 38.6 Å². The number of hydrogen-bond donors (Lipinski definition) is 0. The third kappa shape index (κ3) is 3.62. The molecular formula is C23H30N4S. The molecule has 1 aliphatic carbocycles. The molecule has 148 valence electrons. The number of thiazole rings is 1. The molecule has 5 heteroatoms. The van der Waals surface area contributed by atoms with Crippen molar-refractivity contribution < 1.29 is 0 Å². The highest BCUT2D eigenvalue weighted by Gasteiger charge is 2.30. The summed E-state index contributed by atoms with van der Waals surface area (Å²) in [6.07, 6.45) is 9.57. The lowest BCUT2D eigenvalue weighted by Crippen LogP contribution is -2.43. The van der Waals surface area contributed by atoms with Gasteiger partial charge in [0.25, 0.3) is 0 Å². The Morgan fingerprint density at radius 3 is 2.71 bits per heavy atom. The number of imidazole rings is 1. The minimum absolute atomic E-state index is 0.532. The lowest BCUT2D eigenvalue weighted by atomic mass is 9.90. The monoisotopic (exact) mass is 394 g/mol. The van der Waals surface area contributed by atoms with Gasteiger partial charge in [0.2, 0.25) is 0 Å². The van der Waals surface area contributed by atoms with Gasteiger partial charge < -0.3 is 4.57 Å². The quantitative estimate of drug-likeness (QED) is 0.597. The zero-order valence-electron chi connectivity index (χ0n) is 16.8. The first kappa shape index (κ1) is 18.3. The van der Waals surface area contributed by atoms with Crippen LogP contribution in [0.1, 0.15) is 67.4 Å². The number of nitrogens with zero attached hydrogens (tertiary/aromatic N) is 4. The zero-order chi connectivity index (χ0) is 18.9. The molecule has 3 heterocycles. The fraction of sp³-hybridized carbons (Fsp3) is 0.565. The van der Waals surface area contributed by atoms with E-state index < -0.39 is 0 Å². The molecule has 1 unspecified atom stereocenters. The first-order chi connectivity index (χ1) is 13.8. The topological polar surface area (TPSA) is 34.0 Å². The second kappa shape index (κ2) is 7.96. The summed E-state index contributed by atoms with van der Waals surface area (Å²) in [5.74, 6) is 1.80. The van der Waals surface area contributed by atoms with Crippen molar-refractivity contribution in [1.29, 1.82) is 0 Å². The predicted molar refractivity (Wildman–Crippen MR) is 116 cm³/mol. The van der Waals surface area contributed by atoms with Crippen molar-refractivity contribution in [2.24, 2.45) is 0 Å². The minimum atomic E-state index is 0.532. The molecule has 28 heavy (non-hydrogen) atoms. The summed E-state index contributed by atoms with van der Waals surface area (Å²) in [5.41, 5.74) is 3.49. The Labute approximate surface area is 171 Å². The molecule has 1 aliphatic heterocycles. The van der Waals surface area contributed by atoms with Crippen LogP contribution in [0.25, 0.3) is 11.0 Å². The van der Waals surface area contributed by atoms with Crippen molar-refractivity contribution in [3.63, 3.8) is 0 Å². The van der Waals surface area contributed by atoms with Gasteiger partial charge in [0.15, 0.2) is 0 Å². The average molecular weight is 395 g/mol. The summed E-state index contributed by atoms with van der Waals surface area (Å²) in [7, 11) is 0. The third-order valence-electron chi connectivity index (χ3n) is 6.55. The molecule has 1 saturated carbocycles. The SMILES string of the molecule is Cc1csc(Cn2c(C3CCCN(C4CCCCC4)C3)nc3ccccc32)n1. The standard InChI is InChI=1S/C23H30N4S/c1-17-16-28-22(24-17)15-27-21-12-6-5-11-20(21)25-23(27)18-8-7-13-26(14-18)19-9-3-2-4-10-19/h5-6,11-12,16,18-19H,2-4,7-10,13-15H2,1H3. The Bertz CT molecular complexity index is 937. The highest BCUT2D eigenvalue weighted by molar-refractivity contribution is 7.09. The third-order valence-corrected chi connectivity index (χ3v) is 7.50. The van der Waals surface area contributed by atoms with Crippen molar-refractivity contribution in [1.82, 2.24) is 19.4 Å². The smallest absolute Gasteiger partial charge is 0.114 e. The van der Waals surface area contributed by atoms with Crippen molar-refractivity contribution >= 4 is 22.4 Å². The van der Waals surface area contributed by atoms with Crippen molar-refractivity contribution in [3.05, 3.63) is 46.2 Å². The Kier molecular flexibility index (Phi) is 5.20. The Balaban J connectivity index is 1.46. The van der Waals surface area contributed by atoms with Crippen LogP contribution < -0.4 is 0 Å². The van der Waals surface area contributed by atoms with E-state index >= 15 is 0 Å². The van der Waals surface area contributed by atoms with Gasteiger partial charge in [-0.1, -0.05) is 31.4 Å². The predicted octanol–water partition coefficient (Wildman–Crippen LogP) is 5.36. The number of benzene rings is 1. The number of aromatic nitrogens is 3. The normalized spacial score (nSPS) is 22.1. The number of piperidine rings is 1. The Hall–Kier alpha value is -1.72. The molecule has 3 aromatic rings. The van der Waals surface area contributed by atoms with Crippen LogP contribution in [0.4, 0.5) is 0 Å². The van der Waals surface area contributed by atoms with Crippen LogP contribution in [-0.2, 0) is 6.54 Å². The number of fused-ring (bicyclic) bond motifs is 1. The number of aryl methyl sites for hydroxylation is 1. The van der Waals surface area contributed by atoms with Gasteiger partial charge in [-0.15, -0.1) is 11.3 Å². The van der Waals surface area contributed by atoms with Gasteiger partial charge in [0, 0.05) is 29.6 Å². The van der Waals surface area contributed by atoms with Gasteiger partial charge in [-0.2, -0.15) is 0 Å². The zero-order valence-corrected chi connectivity index (χ0v) is 17.6. The van der Waals surface area contributed by atoms with E-state index in [4.69, 9.17) is 9.97 Å². The van der Waals surface area contributed by atoms with Crippen LogP contribution in [0.3, 0.4) is 0 Å². The van der Waals surface area contributed by atoms with E-state index in [1.807, 2.05) is 0 Å². The molecule has 1 aromatic carbocycles. The molecule has 0 spiro atoms. The van der Waals surface area contributed by atoms with Crippen LogP contribution in [0.5, 0.6) is 0 Å². The van der Waals surface area contributed by atoms with Crippen LogP contribution in [0.2, 0.25) is 0 Å². The second-order valence-corrected chi connectivity index (χ2v) is 9.50. The summed E-state index contributed by atoms with van der Waals surface area (Å²) < 4.78 is 2.45. The first-order valence-electron chi connectivity index (χ1n) is 10.9. The number of para-hydroxylation sites is 2. The second-order valence-electron chi connectivity index (χ2n) is 8.55. The average Bonchev–Trinajstić information content (AvgIpc) is 3.33. The molecule has 0 radical (unpaired) electrons. The molecule has 1 saturated heterocycles. The summed E-state index contributed by atoms with van der Waals surface area (Å²) in [4.78, 5) is 12.6. The molecule has 2 aliphatic rings. The van der Waals surface area contributed by atoms with E-state index in [-0.39, 0.29) is 0 Å². The fourth-order valence-electron chi connectivity index (χ4n) is 5.18. The maximum Gasteiger partial charge on any atom is 0.114 e. The van der Waals surface area contributed by atoms with Crippen molar-refractivity contribution in [2.75, 3.05) is 13.1 Å². The van der Waals surface area contributed by atoms with E-state index in [1.165, 1.54) is 74.4 Å². The molecule has 5 rings (SSSR count). The van der Waals surface area contributed by atoms with E-state index in [0.29, 0.717) is 5.92 Å². The van der Waals surface area contributed by atoms with Gasteiger partial charge >= 0.3 is 0 Å². The molecule has 2 fully saturated rings. The van der Waals surface area contributed by atoms with Crippen LogP contribution in [0, 0.1) is 6.92 Å². The number of rotatable bonds is 4. The maximum atomic E-state index is 5.13. The fourth-order valence-corrected chi connectivity index (χ4v) is 5.94. The molecule has 0 N–H and O–H groups in total. The van der Waals surface area contributed by atoms with Crippen molar-refractivity contribution in [3.8, 4) is 0 Å². The van der Waals surface area contributed by atoms with E-state index in [2.05, 4.69) is 46.0 Å². The minimum Gasteiger partial charge on any atom is -0.321 e. The first-order valence-corrected chi connectivity index (χ1v) is 11.8. The summed E-state index contributed by atoms with van der Waals surface area (Å²) in [6, 6.07) is 9.41. The number of likely N-dealkylation sites (tertiary alicyclic amines) is 1. The summed E-state index contributed by atoms with van der Waals surface area (Å²) in [6.45, 7) is 5.36. The Morgan fingerprint density at radius 1 is 1.04 bits per heavy atom. The van der Waals surface area contributed by atoms with Crippen molar-refractivity contribution in [2.45, 2.75) is 70.4 Å². The van der Waals surface area contributed by atoms with Gasteiger partial charge in [-0.25, -0.2) is 9.97 Å². The lowest BCUT2D eigenvalue weighted by molar-refractivity contribution is 0.116. The van der Waals surface area contributed by atoms with Gasteiger partial charge in [-0.05, 0) is 51.3 Å². The van der Waals surface area contributed by atoms with Gasteiger partial charge in [0.1, 0.15) is 10.8 Å². The van der Waals surface area contributed by atoms with Crippen LogP contribution in [0.15, 0.2) is 29.6 Å². The molecule has 4 nitrogen and oxygen atoms in total. The van der Waals surface area contributed by atoms with E-state index in [0.717, 1.165) is 23.8 Å². The molecule has 0 amide bonds. The van der Waals surface area contributed by atoms with E-state index in [1.54, 1.807) is 11.3 Å². The number of hydrogen-bond acceptors (Lipinski definition) is 4. The Morgan fingerprint density at radius 2 is 1.89 bits per heavy atom. The lowest BCUT2D eigenvalue weighted by Gasteiger charge is -2.39. The van der Waals surface area contributed by atoms with Crippen LogP contribution >= 0.6 is 11.3 Å². The maximum absolute atomic E-state index is 5.13. The highest BCUT2D eigenvalue weighted by atomic mass is 32.1. The summed E-state index contributed by atoms with van der Waals surface area (Å²) >= 11 is 1.76. The molecular weight excluding hydrogens is 364 g/mol. The molecule has 0 bridgehead atoms. The largest absolute Gasteiger partial charge is 0.321 e. The molecule has 2 aromatic heterocycles. The van der Waals surface area contributed by atoms with Gasteiger partial charge in [0.05, 0.1) is 17.6 Å². The van der Waals surface area contributed by atoms with E-state index in [9.17, 15) is 0 Å². The highest BCUT2D eigenvalue weighted by Crippen LogP contribution is 2.33.